The highest BCUT2D eigenvalue weighted by Crippen LogP contribution is 2.29. The van der Waals surface area contributed by atoms with Gasteiger partial charge in [0.15, 0.2) is 0 Å². The van der Waals surface area contributed by atoms with Crippen molar-refractivity contribution in [2.45, 2.75) is 57.9 Å². The minimum Gasteiger partial charge on any atom is -0.475 e. The van der Waals surface area contributed by atoms with Crippen LogP contribution < -0.4 is 0 Å². The van der Waals surface area contributed by atoms with Crippen LogP contribution in [0.3, 0.4) is 0 Å². The molecule has 208 valence electrons. The van der Waals surface area contributed by atoms with Crippen molar-refractivity contribution in [3.8, 4) is 0 Å². The Bertz CT molecular complexity index is 1010. The van der Waals surface area contributed by atoms with Crippen LogP contribution >= 0.6 is 0 Å². The first-order chi connectivity index (χ1) is 17.2. The standard InChI is InChI=1S/C16H24N6O.2C2HF3O2/c1-20-8-14(7-17-20)9-21-5-2-6-22-16(10-21)15(18-19-22)12-23-11-13-3-4-13;2*3-2(4,5)1(6)7/h7-8,13H,2-6,9-12H2,1H3;2*(H,6,7). The van der Waals surface area contributed by atoms with Crippen LogP contribution in [0.4, 0.5) is 26.3 Å². The fourth-order valence-electron chi connectivity index (χ4n) is 3.12. The van der Waals surface area contributed by atoms with Crippen LogP contribution in [0.2, 0.25) is 0 Å². The van der Waals surface area contributed by atoms with Gasteiger partial charge < -0.3 is 14.9 Å². The fourth-order valence-corrected chi connectivity index (χ4v) is 3.12. The van der Waals surface area contributed by atoms with E-state index in [0.29, 0.717) is 6.61 Å². The van der Waals surface area contributed by atoms with Crippen LogP contribution in [0.25, 0.3) is 0 Å². The maximum atomic E-state index is 10.6. The minimum atomic E-state index is -5.08. The Kier molecular flexibility index (Phi) is 10.4. The Hall–Kier alpha value is -3.21. The number of alkyl halides is 6. The molecule has 1 aliphatic carbocycles. The van der Waals surface area contributed by atoms with Gasteiger partial charge in [0.1, 0.15) is 5.69 Å². The number of carboxylic acids is 2. The van der Waals surface area contributed by atoms with E-state index in [1.165, 1.54) is 24.1 Å². The molecule has 0 bridgehead atoms. The second-order valence-corrected chi connectivity index (χ2v) is 8.36. The van der Waals surface area contributed by atoms with Gasteiger partial charge in [0.05, 0.1) is 18.5 Å². The molecule has 1 fully saturated rings. The van der Waals surface area contributed by atoms with Gasteiger partial charge in [0.25, 0.3) is 0 Å². The third-order valence-corrected chi connectivity index (χ3v) is 5.07. The molecule has 2 aliphatic rings. The van der Waals surface area contributed by atoms with E-state index in [1.54, 1.807) is 0 Å². The molecule has 0 spiro atoms. The Balaban J connectivity index is 0.000000286. The lowest BCUT2D eigenvalue weighted by Crippen LogP contribution is -2.23. The quantitative estimate of drug-likeness (QED) is 0.526. The van der Waals surface area contributed by atoms with Crippen molar-refractivity contribution in [2.75, 3.05) is 13.2 Å². The van der Waals surface area contributed by atoms with E-state index in [4.69, 9.17) is 24.5 Å². The van der Waals surface area contributed by atoms with Crippen LogP contribution in [-0.4, -0.2) is 77.3 Å². The van der Waals surface area contributed by atoms with Crippen molar-refractivity contribution in [3.05, 3.63) is 29.3 Å². The Morgan fingerprint density at radius 1 is 1.08 bits per heavy atom. The highest BCUT2D eigenvalue weighted by molar-refractivity contribution is 5.73. The number of hydrogen-bond donors (Lipinski definition) is 2. The molecule has 1 aliphatic heterocycles. The third-order valence-electron chi connectivity index (χ3n) is 5.07. The normalized spacial score (nSPS) is 16.0. The number of halogens is 6. The number of carbonyl (C=O) groups is 2. The van der Waals surface area contributed by atoms with Crippen molar-refractivity contribution in [1.82, 2.24) is 29.7 Å². The SMILES string of the molecule is Cn1cc(CN2CCCn3nnc(COCC4CC4)c3C2)cn1.O=C(O)C(F)(F)F.O=C(O)C(F)(F)F. The number of fused-ring (bicyclic) bond motifs is 1. The second-order valence-electron chi connectivity index (χ2n) is 8.36. The van der Waals surface area contributed by atoms with E-state index in [-0.39, 0.29) is 0 Å². The molecule has 11 nitrogen and oxygen atoms in total. The summed E-state index contributed by atoms with van der Waals surface area (Å²) in [5.41, 5.74) is 3.46. The van der Waals surface area contributed by atoms with Gasteiger partial charge in [-0.15, -0.1) is 5.10 Å². The van der Waals surface area contributed by atoms with Crippen LogP contribution in [0, 0.1) is 5.92 Å². The summed E-state index contributed by atoms with van der Waals surface area (Å²) in [6, 6.07) is 0. The fraction of sp³-hybridized carbons (Fsp3) is 0.650. The van der Waals surface area contributed by atoms with Crippen molar-refractivity contribution in [2.24, 2.45) is 13.0 Å². The summed E-state index contributed by atoms with van der Waals surface area (Å²) in [7, 11) is 1.96. The predicted octanol–water partition coefficient (Wildman–Crippen LogP) is 2.61. The maximum absolute atomic E-state index is 10.6. The first-order valence-electron chi connectivity index (χ1n) is 11.0. The molecule has 1 saturated carbocycles. The first-order valence-corrected chi connectivity index (χ1v) is 11.0. The molecule has 4 rings (SSSR count). The van der Waals surface area contributed by atoms with Crippen molar-refractivity contribution in [1.29, 1.82) is 0 Å². The zero-order valence-electron chi connectivity index (χ0n) is 19.7. The number of aliphatic carboxylic acids is 2. The van der Waals surface area contributed by atoms with Crippen LogP contribution in [0.5, 0.6) is 0 Å². The number of ether oxygens (including phenoxy) is 1. The number of nitrogens with zero attached hydrogens (tertiary/aromatic N) is 6. The molecule has 0 aromatic carbocycles. The summed E-state index contributed by atoms with van der Waals surface area (Å²) in [5, 5.41) is 27.2. The molecule has 37 heavy (non-hydrogen) atoms. The Morgan fingerprint density at radius 3 is 2.16 bits per heavy atom. The maximum Gasteiger partial charge on any atom is 0.490 e. The number of aromatic nitrogens is 5. The van der Waals surface area contributed by atoms with Gasteiger partial charge in [-0.25, -0.2) is 14.3 Å². The molecule has 2 aromatic heterocycles. The second kappa shape index (κ2) is 12.8. The van der Waals surface area contributed by atoms with Crippen LogP contribution in [-0.2, 0) is 47.6 Å². The lowest BCUT2D eigenvalue weighted by atomic mass is 10.2. The van der Waals surface area contributed by atoms with Crippen molar-refractivity contribution >= 4 is 11.9 Å². The average molecular weight is 544 g/mol. The van der Waals surface area contributed by atoms with Gasteiger partial charge in [0.2, 0.25) is 0 Å². The van der Waals surface area contributed by atoms with Gasteiger partial charge in [-0.3, -0.25) is 9.58 Å². The largest absolute Gasteiger partial charge is 0.490 e. The Labute approximate surface area is 206 Å². The summed E-state index contributed by atoms with van der Waals surface area (Å²) >= 11 is 0. The molecule has 2 aromatic rings. The summed E-state index contributed by atoms with van der Waals surface area (Å²) in [4.78, 5) is 20.2. The lowest BCUT2D eigenvalue weighted by molar-refractivity contribution is -0.193. The molecular formula is C20H26F6N6O5. The number of hydrogen-bond acceptors (Lipinski definition) is 7. The first kappa shape index (κ1) is 30.0. The highest BCUT2D eigenvalue weighted by Gasteiger charge is 2.38. The van der Waals surface area contributed by atoms with E-state index >= 15 is 0 Å². The highest BCUT2D eigenvalue weighted by atomic mass is 19.4. The average Bonchev–Trinajstić information content (AvgIpc) is 3.46. The van der Waals surface area contributed by atoms with E-state index in [2.05, 4.69) is 31.2 Å². The summed E-state index contributed by atoms with van der Waals surface area (Å²) in [6.45, 7) is 5.26. The minimum absolute atomic E-state index is 0.590. The molecule has 0 amide bonds. The zero-order valence-corrected chi connectivity index (χ0v) is 19.7. The van der Waals surface area contributed by atoms with Crippen molar-refractivity contribution < 1.29 is 50.9 Å². The number of aryl methyl sites for hydroxylation is 2. The summed E-state index contributed by atoms with van der Waals surface area (Å²) in [6.07, 6.45) is -2.41. The van der Waals surface area contributed by atoms with Crippen molar-refractivity contribution in [3.63, 3.8) is 0 Å². The van der Waals surface area contributed by atoms with E-state index in [9.17, 15) is 26.3 Å². The monoisotopic (exact) mass is 544 g/mol. The smallest absolute Gasteiger partial charge is 0.475 e. The van der Waals surface area contributed by atoms with E-state index < -0.39 is 24.3 Å². The summed E-state index contributed by atoms with van der Waals surface area (Å²) < 4.78 is 73.2. The molecule has 3 heterocycles. The van der Waals surface area contributed by atoms with Gasteiger partial charge in [-0.2, -0.15) is 31.4 Å². The topological polar surface area (TPSA) is 136 Å². The number of carboxylic acid groups (broad SMARTS) is 2. The van der Waals surface area contributed by atoms with Crippen LogP contribution in [0.15, 0.2) is 12.4 Å². The molecule has 0 atom stereocenters. The molecule has 0 saturated heterocycles. The summed E-state index contributed by atoms with van der Waals surface area (Å²) in [5.74, 6) is -4.73. The number of rotatable bonds is 6. The molecular weight excluding hydrogens is 518 g/mol. The predicted molar refractivity (Wildman–Crippen MR) is 112 cm³/mol. The molecule has 17 heteroatoms. The van der Waals surface area contributed by atoms with Gasteiger partial charge in [-0.05, 0) is 25.2 Å². The molecule has 0 unspecified atom stereocenters. The zero-order chi connectivity index (χ0) is 27.8. The van der Waals surface area contributed by atoms with Gasteiger partial charge in [-0.1, -0.05) is 5.21 Å². The van der Waals surface area contributed by atoms with Crippen LogP contribution in [0.1, 0.15) is 36.2 Å². The van der Waals surface area contributed by atoms with Gasteiger partial charge >= 0.3 is 24.3 Å². The third kappa shape index (κ3) is 10.7. The van der Waals surface area contributed by atoms with E-state index in [1.807, 2.05) is 17.9 Å². The van der Waals surface area contributed by atoms with E-state index in [0.717, 1.165) is 50.8 Å². The lowest BCUT2D eigenvalue weighted by Gasteiger charge is -2.18. The van der Waals surface area contributed by atoms with Gasteiger partial charge in [0, 0.05) is 51.6 Å². The Morgan fingerprint density at radius 2 is 1.68 bits per heavy atom. The molecule has 0 radical (unpaired) electrons. The molecule has 2 N–H and O–H groups in total.